The third-order valence-electron chi connectivity index (χ3n) is 5.44. The van der Waals surface area contributed by atoms with Crippen LogP contribution in [0.2, 0.25) is 0 Å². The van der Waals surface area contributed by atoms with Crippen molar-refractivity contribution in [1.29, 1.82) is 0 Å². The van der Waals surface area contributed by atoms with Crippen LogP contribution in [0, 0.1) is 38.2 Å². The number of aromatic nitrogens is 3. The average Bonchev–Trinajstić information content (AvgIpc) is 3.07. The third-order valence-corrected chi connectivity index (χ3v) is 5.44. The van der Waals surface area contributed by atoms with Crippen LogP contribution < -0.4 is 5.32 Å². The number of anilines is 1. The molecule has 0 radical (unpaired) electrons. The Bertz CT molecular complexity index is 1330. The van der Waals surface area contributed by atoms with Crippen molar-refractivity contribution in [2.45, 2.75) is 33.6 Å². The number of carbonyl (C=O) groups is 1. The van der Waals surface area contributed by atoms with E-state index in [9.17, 15) is 18.0 Å². The van der Waals surface area contributed by atoms with E-state index in [4.69, 9.17) is 4.98 Å². The SMILES string of the molecule is Cc1nc2c(-c3ccc(F)cc3)c(C)nn2c(C)c1CCC(=O)Nc1cc(F)ccc1F. The molecule has 2 aromatic heterocycles. The topological polar surface area (TPSA) is 59.3 Å². The van der Waals surface area contributed by atoms with E-state index < -0.39 is 17.5 Å². The summed E-state index contributed by atoms with van der Waals surface area (Å²) in [6.07, 6.45) is 0.421. The molecular weight excluding hydrogens is 417 g/mol. The molecule has 0 aliphatic heterocycles. The van der Waals surface area contributed by atoms with Gasteiger partial charge in [0.25, 0.3) is 0 Å². The summed E-state index contributed by atoms with van der Waals surface area (Å²) < 4.78 is 42.2. The maximum atomic E-state index is 13.8. The molecule has 0 atom stereocenters. The lowest BCUT2D eigenvalue weighted by atomic mass is 10.0. The maximum absolute atomic E-state index is 13.8. The molecule has 4 aromatic rings. The number of nitrogens with one attached hydrogen (secondary N) is 1. The van der Waals surface area contributed by atoms with E-state index in [2.05, 4.69) is 10.4 Å². The van der Waals surface area contributed by atoms with E-state index in [0.29, 0.717) is 12.1 Å². The fourth-order valence-electron chi connectivity index (χ4n) is 3.83. The summed E-state index contributed by atoms with van der Waals surface area (Å²) >= 11 is 0. The summed E-state index contributed by atoms with van der Waals surface area (Å²) in [6, 6.07) is 9.07. The molecule has 32 heavy (non-hydrogen) atoms. The van der Waals surface area contributed by atoms with Gasteiger partial charge in [-0.2, -0.15) is 5.10 Å². The molecule has 0 aliphatic carbocycles. The summed E-state index contributed by atoms with van der Waals surface area (Å²) in [6.45, 7) is 5.61. The minimum atomic E-state index is -0.699. The van der Waals surface area contributed by atoms with E-state index >= 15 is 0 Å². The molecular formula is C24H21F3N4O. The maximum Gasteiger partial charge on any atom is 0.224 e. The number of halogens is 3. The van der Waals surface area contributed by atoms with Crippen molar-refractivity contribution in [3.8, 4) is 11.1 Å². The van der Waals surface area contributed by atoms with E-state index in [1.807, 2.05) is 20.8 Å². The van der Waals surface area contributed by atoms with Gasteiger partial charge in [-0.25, -0.2) is 22.7 Å². The van der Waals surface area contributed by atoms with Gasteiger partial charge in [-0.15, -0.1) is 0 Å². The van der Waals surface area contributed by atoms with Gasteiger partial charge in [-0.05, 0) is 62.6 Å². The monoisotopic (exact) mass is 438 g/mol. The minimum Gasteiger partial charge on any atom is -0.324 e. The minimum absolute atomic E-state index is 0.0654. The van der Waals surface area contributed by atoms with Crippen molar-refractivity contribution in [2.24, 2.45) is 0 Å². The zero-order chi connectivity index (χ0) is 23.0. The highest BCUT2D eigenvalue weighted by atomic mass is 19.1. The number of hydrogen-bond acceptors (Lipinski definition) is 3. The van der Waals surface area contributed by atoms with Crippen LogP contribution in [0.4, 0.5) is 18.9 Å². The van der Waals surface area contributed by atoms with Gasteiger partial charge in [0.15, 0.2) is 5.65 Å². The quantitative estimate of drug-likeness (QED) is 0.459. The molecule has 1 N–H and O–H groups in total. The Hall–Kier alpha value is -3.68. The van der Waals surface area contributed by atoms with Crippen molar-refractivity contribution in [2.75, 3.05) is 5.32 Å². The van der Waals surface area contributed by atoms with Crippen molar-refractivity contribution < 1.29 is 18.0 Å². The standard InChI is InChI=1S/C24H21F3N4O/c1-13-19(9-11-22(32)29-21-12-18(26)8-10-20(21)27)15(3)31-24(28-13)23(14(2)30-31)16-4-6-17(25)7-5-16/h4-8,10,12H,9,11H2,1-3H3,(H,29,32). The lowest BCUT2D eigenvalue weighted by molar-refractivity contribution is -0.116. The number of aryl methyl sites for hydroxylation is 3. The lowest BCUT2D eigenvalue weighted by Crippen LogP contribution is -2.15. The van der Waals surface area contributed by atoms with E-state index in [1.165, 1.54) is 12.1 Å². The largest absolute Gasteiger partial charge is 0.324 e. The van der Waals surface area contributed by atoms with Crippen LogP contribution in [0.1, 0.15) is 29.1 Å². The number of amides is 1. The Kier molecular flexibility index (Phi) is 5.69. The summed E-state index contributed by atoms with van der Waals surface area (Å²) in [5, 5.41) is 7.01. The molecule has 164 valence electrons. The Morgan fingerprint density at radius 3 is 2.38 bits per heavy atom. The van der Waals surface area contributed by atoms with E-state index in [-0.39, 0.29) is 17.9 Å². The van der Waals surface area contributed by atoms with Crippen LogP contribution >= 0.6 is 0 Å². The predicted octanol–water partition coefficient (Wildman–Crippen LogP) is 5.31. The first-order chi connectivity index (χ1) is 15.2. The number of fused-ring (bicyclic) bond motifs is 1. The van der Waals surface area contributed by atoms with Crippen molar-refractivity contribution in [3.63, 3.8) is 0 Å². The van der Waals surface area contributed by atoms with Gasteiger partial charge in [-0.1, -0.05) is 12.1 Å². The van der Waals surface area contributed by atoms with E-state index in [0.717, 1.165) is 52.0 Å². The van der Waals surface area contributed by atoms with Gasteiger partial charge in [0.1, 0.15) is 17.5 Å². The molecule has 0 spiro atoms. The van der Waals surface area contributed by atoms with Gasteiger partial charge < -0.3 is 5.32 Å². The van der Waals surface area contributed by atoms with Crippen molar-refractivity contribution >= 4 is 17.2 Å². The Morgan fingerprint density at radius 1 is 0.969 bits per heavy atom. The first-order valence-electron chi connectivity index (χ1n) is 10.1. The molecule has 0 saturated heterocycles. The van der Waals surface area contributed by atoms with E-state index in [1.54, 1.807) is 16.6 Å². The van der Waals surface area contributed by atoms with Crippen molar-refractivity contribution in [1.82, 2.24) is 14.6 Å². The van der Waals surface area contributed by atoms with Gasteiger partial charge in [-0.3, -0.25) is 4.79 Å². The number of carbonyl (C=O) groups excluding carboxylic acids is 1. The highest BCUT2D eigenvalue weighted by Gasteiger charge is 2.19. The molecule has 0 aliphatic rings. The Balaban J connectivity index is 1.61. The van der Waals surface area contributed by atoms with Crippen LogP contribution in [0.5, 0.6) is 0 Å². The molecule has 4 rings (SSSR count). The predicted molar refractivity (Wildman–Crippen MR) is 116 cm³/mol. The molecule has 0 fully saturated rings. The van der Waals surface area contributed by atoms with Crippen LogP contribution in [0.15, 0.2) is 42.5 Å². The second-order valence-electron chi connectivity index (χ2n) is 7.64. The zero-order valence-corrected chi connectivity index (χ0v) is 17.8. The van der Waals surface area contributed by atoms with Crippen LogP contribution in [-0.4, -0.2) is 20.5 Å². The average molecular weight is 438 g/mol. The molecule has 2 aromatic carbocycles. The van der Waals surface area contributed by atoms with Gasteiger partial charge >= 0.3 is 0 Å². The summed E-state index contributed by atoms with van der Waals surface area (Å²) in [7, 11) is 0. The normalized spacial score (nSPS) is 11.2. The number of rotatable bonds is 5. The molecule has 0 bridgehead atoms. The molecule has 1 amide bonds. The molecule has 8 heteroatoms. The van der Waals surface area contributed by atoms with Crippen LogP contribution in [-0.2, 0) is 11.2 Å². The smallest absolute Gasteiger partial charge is 0.224 e. The molecule has 0 unspecified atom stereocenters. The van der Waals surface area contributed by atoms with Gasteiger partial charge in [0, 0.05) is 29.4 Å². The second-order valence-corrected chi connectivity index (χ2v) is 7.64. The second kappa shape index (κ2) is 8.45. The van der Waals surface area contributed by atoms with Gasteiger partial charge in [0.05, 0.1) is 11.4 Å². The third kappa shape index (κ3) is 4.08. The highest BCUT2D eigenvalue weighted by molar-refractivity contribution is 5.91. The molecule has 5 nitrogen and oxygen atoms in total. The number of nitrogens with zero attached hydrogens (tertiary/aromatic N) is 3. The summed E-state index contributed by atoms with van der Waals surface area (Å²) in [5.74, 6) is -2.08. The fourth-order valence-corrected chi connectivity index (χ4v) is 3.83. The molecule has 0 saturated carbocycles. The van der Waals surface area contributed by atoms with Crippen molar-refractivity contribution in [3.05, 3.63) is 82.6 Å². The molecule has 2 heterocycles. The van der Waals surface area contributed by atoms with Crippen LogP contribution in [0.3, 0.4) is 0 Å². The Morgan fingerprint density at radius 2 is 1.66 bits per heavy atom. The van der Waals surface area contributed by atoms with Crippen LogP contribution in [0.25, 0.3) is 16.8 Å². The fraction of sp³-hybridized carbons (Fsp3) is 0.208. The first kappa shape index (κ1) is 21.5. The highest BCUT2D eigenvalue weighted by Crippen LogP contribution is 2.29. The number of hydrogen-bond donors (Lipinski definition) is 1. The zero-order valence-electron chi connectivity index (χ0n) is 17.8. The Labute approximate surface area is 182 Å². The lowest BCUT2D eigenvalue weighted by Gasteiger charge is -2.12. The number of benzene rings is 2. The first-order valence-corrected chi connectivity index (χ1v) is 10.1. The summed E-state index contributed by atoms with van der Waals surface area (Å²) in [5.41, 5.74) is 5.26. The summed E-state index contributed by atoms with van der Waals surface area (Å²) in [4.78, 5) is 17.0. The van der Waals surface area contributed by atoms with Gasteiger partial charge in [0.2, 0.25) is 5.91 Å².